The Hall–Kier alpha value is -1.08. The molecule has 1 saturated heterocycles. The summed E-state index contributed by atoms with van der Waals surface area (Å²) in [6.07, 6.45) is 3.89. The summed E-state index contributed by atoms with van der Waals surface area (Å²) in [6, 6.07) is 6.31. The van der Waals surface area contributed by atoms with Crippen molar-refractivity contribution in [3.63, 3.8) is 0 Å². The molecule has 0 spiro atoms. The minimum atomic E-state index is 0.157. The quantitative estimate of drug-likeness (QED) is 0.784. The number of halogens is 1. The van der Waals surface area contributed by atoms with Crippen LogP contribution in [0.5, 0.6) is 0 Å². The standard InChI is InChI=1S/C11H12BrN3/c12-10-3-4-11(14-7-10)15-5-1-2-9(6-13)8-15/h3-4,7,9H,1-2,5,8H2. The zero-order chi connectivity index (χ0) is 10.7. The summed E-state index contributed by atoms with van der Waals surface area (Å²) in [5.74, 6) is 1.13. The normalized spacial score (nSPS) is 21.1. The molecule has 1 aromatic heterocycles. The van der Waals surface area contributed by atoms with Gasteiger partial charge in [0.1, 0.15) is 5.82 Å². The van der Waals surface area contributed by atoms with E-state index in [2.05, 4.69) is 31.9 Å². The van der Waals surface area contributed by atoms with Gasteiger partial charge in [0.2, 0.25) is 0 Å². The number of aromatic nitrogens is 1. The average molecular weight is 266 g/mol. The summed E-state index contributed by atoms with van der Waals surface area (Å²) in [6.45, 7) is 1.82. The van der Waals surface area contributed by atoms with Gasteiger partial charge in [-0.05, 0) is 40.9 Å². The van der Waals surface area contributed by atoms with Gasteiger partial charge in [-0.25, -0.2) is 4.98 Å². The van der Waals surface area contributed by atoms with Gasteiger partial charge in [0.15, 0.2) is 0 Å². The molecule has 2 rings (SSSR count). The second kappa shape index (κ2) is 4.63. The van der Waals surface area contributed by atoms with E-state index < -0.39 is 0 Å². The highest BCUT2D eigenvalue weighted by Crippen LogP contribution is 2.21. The fraction of sp³-hybridized carbons (Fsp3) is 0.455. The topological polar surface area (TPSA) is 39.9 Å². The van der Waals surface area contributed by atoms with E-state index in [0.29, 0.717) is 0 Å². The molecule has 78 valence electrons. The number of pyridine rings is 1. The third kappa shape index (κ3) is 2.48. The summed E-state index contributed by atoms with van der Waals surface area (Å²) in [5, 5.41) is 8.90. The van der Waals surface area contributed by atoms with E-state index in [1.54, 1.807) is 6.20 Å². The Morgan fingerprint density at radius 1 is 1.53 bits per heavy atom. The molecular weight excluding hydrogens is 254 g/mol. The van der Waals surface area contributed by atoms with Crippen molar-refractivity contribution in [3.8, 4) is 6.07 Å². The van der Waals surface area contributed by atoms with Gasteiger partial charge in [-0.2, -0.15) is 5.26 Å². The molecule has 0 amide bonds. The van der Waals surface area contributed by atoms with Crippen molar-refractivity contribution < 1.29 is 0 Å². The fourth-order valence-electron chi connectivity index (χ4n) is 1.85. The highest BCUT2D eigenvalue weighted by Gasteiger charge is 2.20. The highest BCUT2D eigenvalue weighted by molar-refractivity contribution is 9.10. The summed E-state index contributed by atoms with van der Waals surface area (Å²) in [7, 11) is 0. The zero-order valence-electron chi connectivity index (χ0n) is 8.36. The molecule has 1 atom stereocenters. The maximum absolute atomic E-state index is 8.90. The maximum atomic E-state index is 8.90. The van der Waals surface area contributed by atoms with Crippen LogP contribution in [-0.2, 0) is 0 Å². The summed E-state index contributed by atoms with van der Waals surface area (Å²) in [4.78, 5) is 6.52. The Balaban J connectivity index is 2.10. The SMILES string of the molecule is N#CC1CCCN(c2ccc(Br)cn2)C1. The van der Waals surface area contributed by atoms with Gasteiger partial charge in [0.25, 0.3) is 0 Å². The summed E-state index contributed by atoms with van der Waals surface area (Å²) >= 11 is 3.36. The number of nitriles is 1. The van der Waals surface area contributed by atoms with Gasteiger partial charge in [0.05, 0.1) is 12.0 Å². The van der Waals surface area contributed by atoms with Crippen LogP contribution in [0.2, 0.25) is 0 Å². The Morgan fingerprint density at radius 3 is 3.07 bits per heavy atom. The highest BCUT2D eigenvalue weighted by atomic mass is 79.9. The van der Waals surface area contributed by atoms with Crippen LogP contribution in [-0.4, -0.2) is 18.1 Å². The summed E-state index contributed by atoms with van der Waals surface area (Å²) in [5.41, 5.74) is 0. The van der Waals surface area contributed by atoms with Crippen molar-refractivity contribution in [3.05, 3.63) is 22.8 Å². The number of nitrogens with zero attached hydrogens (tertiary/aromatic N) is 3. The Kier molecular flexibility index (Phi) is 3.22. The molecule has 0 N–H and O–H groups in total. The minimum Gasteiger partial charge on any atom is -0.355 e. The molecule has 2 heterocycles. The van der Waals surface area contributed by atoms with Crippen LogP contribution in [0.1, 0.15) is 12.8 Å². The van der Waals surface area contributed by atoms with Crippen LogP contribution in [0.3, 0.4) is 0 Å². The van der Waals surface area contributed by atoms with Gasteiger partial charge in [-0.1, -0.05) is 0 Å². The smallest absolute Gasteiger partial charge is 0.128 e. The fourth-order valence-corrected chi connectivity index (χ4v) is 2.08. The van der Waals surface area contributed by atoms with Crippen LogP contribution in [0.25, 0.3) is 0 Å². The van der Waals surface area contributed by atoms with Gasteiger partial charge >= 0.3 is 0 Å². The second-order valence-corrected chi connectivity index (χ2v) is 4.66. The lowest BCUT2D eigenvalue weighted by molar-refractivity contribution is 0.491. The van der Waals surface area contributed by atoms with E-state index in [1.807, 2.05) is 12.1 Å². The predicted molar refractivity (Wildman–Crippen MR) is 62.5 cm³/mol. The number of hydrogen-bond donors (Lipinski definition) is 0. The predicted octanol–water partition coefficient (Wildman–Crippen LogP) is 2.58. The summed E-state index contributed by atoms with van der Waals surface area (Å²) < 4.78 is 0.986. The Bertz CT molecular complexity index is 368. The van der Waals surface area contributed by atoms with Crippen molar-refractivity contribution >= 4 is 21.7 Å². The van der Waals surface area contributed by atoms with Crippen LogP contribution < -0.4 is 4.90 Å². The molecule has 1 aromatic rings. The third-order valence-electron chi connectivity index (χ3n) is 2.64. The average Bonchev–Trinajstić information content (AvgIpc) is 2.30. The van der Waals surface area contributed by atoms with Crippen molar-refractivity contribution in [1.29, 1.82) is 5.26 Å². The van der Waals surface area contributed by atoms with E-state index in [4.69, 9.17) is 5.26 Å². The van der Waals surface area contributed by atoms with Gasteiger partial charge in [-0.3, -0.25) is 0 Å². The van der Waals surface area contributed by atoms with Crippen molar-refractivity contribution in [2.24, 2.45) is 5.92 Å². The molecule has 1 aliphatic rings. The molecule has 15 heavy (non-hydrogen) atoms. The lowest BCUT2D eigenvalue weighted by atomic mass is 10.00. The minimum absolute atomic E-state index is 0.157. The number of hydrogen-bond acceptors (Lipinski definition) is 3. The first kappa shape index (κ1) is 10.4. The number of piperidine rings is 1. The first-order valence-electron chi connectivity index (χ1n) is 5.05. The van der Waals surface area contributed by atoms with E-state index in [9.17, 15) is 0 Å². The molecule has 3 nitrogen and oxygen atoms in total. The Labute approximate surface area is 97.9 Å². The molecule has 4 heteroatoms. The molecule has 1 unspecified atom stereocenters. The molecule has 0 aromatic carbocycles. The lowest BCUT2D eigenvalue weighted by Gasteiger charge is -2.30. The molecule has 0 aliphatic carbocycles. The molecular formula is C11H12BrN3. The van der Waals surface area contributed by atoms with Crippen molar-refractivity contribution in [2.75, 3.05) is 18.0 Å². The van der Waals surface area contributed by atoms with Gasteiger partial charge < -0.3 is 4.90 Å². The molecule has 0 saturated carbocycles. The third-order valence-corrected chi connectivity index (χ3v) is 3.11. The molecule has 0 bridgehead atoms. The number of anilines is 1. The lowest BCUT2D eigenvalue weighted by Crippen LogP contribution is -2.35. The largest absolute Gasteiger partial charge is 0.355 e. The molecule has 0 radical (unpaired) electrons. The van der Waals surface area contributed by atoms with Crippen molar-refractivity contribution in [2.45, 2.75) is 12.8 Å². The van der Waals surface area contributed by atoms with E-state index >= 15 is 0 Å². The molecule has 1 aliphatic heterocycles. The van der Waals surface area contributed by atoms with E-state index in [0.717, 1.165) is 36.2 Å². The zero-order valence-corrected chi connectivity index (χ0v) is 9.94. The van der Waals surface area contributed by atoms with Crippen LogP contribution in [0.15, 0.2) is 22.8 Å². The first-order valence-corrected chi connectivity index (χ1v) is 5.85. The van der Waals surface area contributed by atoms with Crippen LogP contribution in [0.4, 0.5) is 5.82 Å². The van der Waals surface area contributed by atoms with E-state index in [1.165, 1.54) is 0 Å². The monoisotopic (exact) mass is 265 g/mol. The van der Waals surface area contributed by atoms with E-state index in [-0.39, 0.29) is 5.92 Å². The number of rotatable bonds is 1. The van der Waals surface area contributed by atoms with Crippen molar-refractivity contribution in [1.82, 2.24) is 4.98 Å². The van der Waals surface area contributed by atoms with Gasteiger partial charge in [0, 0.05) is 23.8 Å². The second-order valence-electron chi connectivity index (χ2n) is 3.75. The Morgan fingerprint density at radius 2 is 2.40 bits per heavy atom. The van der Waals surface area contributed by atoms with Gasteiger partial charge in [-0.15, -0.1) is 0 Å². The van der Waals surface area contributed by atoms with Crippen LogP contribution >= 0.6 is 15.9 Å². The van der Waals surface area contributed by atoms with Crippen LogP contribution in [0, 0.1) is 17.2 Å². The molecule has 1 fully saturated rings. The maximum Gasteiger partial charge on any atom is 0.128 e. The first-order chi connectivity index (χ1) is 7.29.